The van der Waals surface area contributed by atoms with E-state index in [0.717, 1.165) is 12.0 Å². The molecule has 27 heavy (non-hydrogen) atoms. The standard InChI is InChI=1S/C19H20ClN3O2S2/c1-3-12(2)21-16(24)11-27-19-22-15-8-9-26-17(15)18(25)23(19)10-13-6-4-5-7-14(13)20/h4-9,12H,3,10-11H2,1-2H3,(H,21,24). The van der Waals surface area contributed by atoms with Crippen LogP contribution in [0.5, 0.6) is 0 Å². The summed E-state index contributed by atoms with van der Waals surface area (Å²) in [6, 6.07) is 9.36. The molecule has 3 rings (SSSR count). The van der Waals surface area contributed by atoms with Gasteiger partial charge >= 0.3 is 0 Å². The number of nitrogens with one attached hydrogen (secondary N) is 1. The molecule has 0 spiro atoms. The van der Waals surface area contributed by atoms with E-state index in [-0.39, 0.29) is 23.3 Å². The molecule has 0 fully saturated rings. The SMILES string of the molecule is CCC(C)NC(=O)CSc1nc2ccsc2c(=O)n1Cc1ccccc1Cl. The summed E-state index contributed by atoms with van der Waals surface area (Å²) < 4.78 is 2.21. The molecule has 0 aliphatic rings. The summed E-state index contributed by atoms with van der Waals surface area (Å²) in [6.45, 7) is 4.30. The van der Waals surface area contributed by atoms with E-state index in [1.165, 1.54) is 23.1 Å². The van der Waals surface area contributed by atoms with E-state index >= 15 is 0 Å². The number of rotatable bonds is 7. The van der Waals surface area contributed by atoms with E-state index in [1.807, 2.05) is 43.5 Å². The normalized spacial score (nSPS) is 12.3. The summed E-state index contributed by atoms with van der Waals surface area (Å²) >= 11 is 8.91. The van der Waals surface area contributed by atoms with Crippen molar-refractivity contribution in [1.29, 1.82) is 0 Å². The number of hydrogen-bond donors (Lipinski definition) is 1. The smallest absolute Gasteiger partial charge is 0.272 e. The highest BCUT2D eigenvalue weighted by molar-refractivity contribution is 7.99. The molecule has 0 aliphatic carbocycles. The number of carbonyl (C=O) groups is 1. The first-order valence-electron chi connectivity index (χ1n) is 8.63. The number of fused-ring (bicyclic) bond motifs is 1. The quantitative estimate of drug-likeness (QED) is 0.459. The van der Waals surface area contributed by atoms with Gasteiger partial charge in [-0.05, 0) is 36.4 Å². The van der Waals surface area contributed by atoms with Crippen molar-refractivity contribution in [3.8, 4) is 0 Å². The topological polar surface area (TPSA) is 64.0 Å². The summed E-state index contributed by atoms with van der Waals surface area (Å²) in [5.41, 5.74) is 1.38. The summed E-state index contributed by atoms with van der Waals surface area (Å²) in [6.07, 6.45) is 0.868. The zero-order valence-electron chi connectivity index (χ0n) is 15.1. The first-order valence-corrected chi connectivity index (χ1v) is 10.9. The van der Waals surface area contributed by atoms with Crippen LogP contribution >= 0.6 is 34.7 Å². The van der Waals surface area contributed by atoms with Gasteiger partial charge in [-0.25, -0.2) is 4.98 Å². The second-order valence-electron chi connectivity index (χ2n) is 6.18. The Kier molecular flexibility index (Phi) is 6.57. The number of amides is 1. The lowest BCUT2D eigenvalue weighted by Crippen LogP contribution is -2.33. The van der Waals surface area contributed by atoms with E-state index in [4.69, 9.17) is 11.6 Å². The van der Waals surface area contributed by atoms with Crippen molar-refractivity contribution < 1.29 is 4.79 Å². The van der Waals surface area contributed by atoms with Crippen molar-refractivity contribution in [2.24, 2.45) is 0 Å². The van der Waals surface area contributed by atoms with E-state index in [1.54, 1.807) is 10.6 Å². The third kappa shape index (κ3) is 4.72. The van der Waals surface area contributed by atoms with Crippen LogP contribution in [0.2, 0.25) is 5.02 Å². The molecule has 0 bridgehead atoms. The first-order chi connectivity index (χ1) is 13.0. The van der Waals surface area contributed by atoms with Gasteiger partial charge in [-0.15, -0.1) is 11.3 Å². The fourth-order valence-corrected chi connectivity index (χ4v) is 4.30. The minimum Gasteiger partial charge on any atom is -0.353 e. The largest absolute Gasteiger partial charge is 0.353 e. The molecule has 1 amide bonds. The molecule has 1 N–H and O–H groups in total. The Morgan fingerprint density at radius 1 is 1.37 bits per heavy atom. The fraction of sp³-hybridized carbons (Fsp3) is 0.316. The summed E-state index contributed by atoms with van der Waals surface area (Å²) in [5.74, 6) is 0.132. The Bertz CT molecular complexity index is 1020. The molecule has 5 nitrogen and oxygen atoms in total. The number of benzene rings is 1. The van der Waals surface area contributed by atoms with Crippen molar-refractivity contribution in [3.05, 3.63) is 56.7 Å². The van der Waals surface area contributed by atoms with E-state index < -0.39 is 0 Å². The Labute approximate surface area is 170 Å². The zero-order chi connectivity index (χ0) is 19.4. The van der Waals surface area contributed by atoms with Gasteiger partial charge < -0.3 is 5.32 Å². The second kappa shape index (κ2) is 8.91. The van der Waals surface area contributed by atoms with E-state index in [2.05, 4.69) is 10.3 Å². The first kappa shape index (κ1) is 19.9. The molecular weight excluding hydrogens is 402 g/mol. The zero-order valence-corrected chi connectivity index (χ0v) is 17.5. The van der Waals surface area contributed by atoms with Crippen molar-refractivity contribution in [1.82, 2.24) is 14.9 Å². The molecule has 3 aromatic rings. The maximum Gasteiger partial charge on any atom is 0.272 e. The Balaban J connectivity index is 1.92. The van der Waals surface area contributed by atoms with Crippen molar-refractivity contribution in [3.63, 3.8) is 0 Å². The summed E-state index contributed by atoms with van der Waals surface area (Å²) in [4.78, 5) is 29.7. The molecule has 0 aliphatic heterocycles. The van der Waals surface area contributed by atoms with Gasteiger partial charge in [0, 0.05) is 11.1 Å². The Morgan fingerprint density at radius 2 is 2.15 bits per heavy atom. The van der Waals surface area contributed by atoms with Crippen molar-refractivity contribution in [2.75, 3.05) is 5.75 Å². The van der Waals surface area contributed by atoms with Gasteiger partial charge in [0.05, 0.1) is 17.8 Å². The van der Waals surface area contributed by atoms with Crippen LogP contribution in [0.15, 0.2) is 45.7 Å². The van der Waals surface area contributed by atoms with Crippen LogP contribution < -0.4 is 10.9 Å². The minimum atomic E-state index is -0.111. The predicted molar refractivity (Wildman–Crippen MR) is 113 cm³/mol. The van der Waals surface area contributed by atoms with Gasteiger partial charge in [0.1, 0.15) is 4.70 Å². The van der Waals surface area contributed by atoms with Crippen LogP contribution in [0.4, 0.5) is 0 Å². The molecule has 1 aromatic carbocycles. The molecule has 8 heteroatoms. The number of aromatic nitrogens is 2. The summed E-state index contributed by atoms with van der Waals surface area (Å²) in [7, 11) is 0. The fourth-order valence-electron chi connectivity index (χ4n) is 2.52. The van der Waals surface area contributed by atoms with E-state index in [9.17, 15) is 9.59 Å². The predicted octanol–water partition coefficient (Wildman–Crippen LogP) is 4.17. The van der Waals surface area contributed by atoms with Crippen LogP contribution in [0.3, 0.4) is 0 Å². The Hall–Kier alpha value is -1.83. The highest BCUT2D eigenvalue weighted by atomic mass is 35.5. The third-order valence-corrected chi connectivity index (χ3v) is 6.41. The van der Waals surface area contributed by atoms with Gasteiger partial charge in [-0.1, -0.05) is 48.5 Å². The molecule has 1 atom stereocenters. The third-order valence-electron chi connectivity index (χ3n) is 4.17. The second-order valence-corrected chi connectivity index (χ2v) is 8.44. The maximum atomic E-state index is 13.0. The molecule has 2 heterocycles. The lowest BCUT2D eigenvalue weighted by atomic mass is 10.2. The lowest BCUT2D eigenvalue weighted by Gasteiger charge is -2.14. The molecule has 0 saturated heterocycles. The minimum absolute atomic E-state index is 0.0710. The molecule has 1 unspecified atom stereocenters. The van der Waals surface area contributed by atoms with Gasteiger partial charge in [0.25, 0.3) is 5.56 Å². The van der Waals surface area contributed by atoms with Crippen LogP contribution in [-0.4, -0.2) is 27.3 Å². The Morgan fingerprint density at radius 3 is 2.89 bits per heavy atom. The molecule has 0 radical (unpaired) electrons. The van der Waals surface area contributed by atoms with Gasteiger partial charge in [0.15, 0.2) is 5.16 Å². The van der Waals surface area contributed by atoms with Gasteiger partial charge in [-0.2, -0.15) is 0 Å². The number of halogens is 1. The highest BCUT2D eigenvalue weighted by Crippen LogP contribution is 2.23. The molecular formula is C19H20ClN3O2S2. The van der Waals surface area contributed by atoms with Crippen LogP contribution in [-0.2, 0) is 11.3 Å². The van der Waals surface area contributed by atoms with Gasteiger partial charge in [-0.3, -0.25) is 14.2 Å². The number of carbonyl (C=O) groups excluding carboxylic acids is 1. The van der Waals surface area contributed by atoms with Crippen molar-refractivity contribution >= 4 is 50.8 Å². The number of thioether (sulfide) groups is 1. The average Bonchev–Trinajstić information content (AvgIpc) is 3.12. The van der Waals surface area contributed by atoms with Crippen LogP contribution in [0.25, 0.3) is 10.2 Å². The number of hydrogen-bond acceptors (Lipinski definition) is 5. The highest BCUT2D eigenvalue weighted by Gasteiger charge is 2.16. The number of nitrogens with zero attached hydrogens (tertiary/aromatic N) is 2. The van der Waals surface area contributed by atoms with Gasteiger partial charge in [0.2, 0.25) is 5.91 Å². The van der Waals surface area contributed by atoms with Crippen molar-refractivity contribution in [2.45, 2.75) is 38.0 Å². The number of thiophene rings is 1. The molecule has 142 valence electrons. The average molecular weight is 422 g/mol. The van der Waals surface area contributed by atoms with Crippen LogP contribution in [0.1, 0.15) is 25.8 Å². The lowest BCUT2D eigenvalue weighted by molar-refractivity contribution is -0.119. The summed E-state index contributed by atoms with van der Waals surface area (Å²) in [5, 5.41) is 5.90. The molecule has 2 aromatic heterocycles. The molecule has 0 saturated carbocycles. The van der Waals surface area contributed by atoms with Crippen LogP contribution in [0, 0.1) is 0 Å². The monoisotopic (exact) mass is 421 g/mol. The maximum absolute atomic E-state index is 13.0. The van der Waals surface area contributed by atoms with E-state index in [0.29, 0.717) is 26.9 Å².